The van der Waals surface area contributed by atoms with Gasteiger partial charge in [-0.15, -0.1) is 0 Å². The number of carbonyl (C=O) groups is 1. The summed E-state index contributed by atoms with van der Waals surface area (Å²) in [6, 6.07) is 12.9. The van der Waals surface area contributed by atoms with Crippen molar-refractivity contribution in [3.05, 3.63) is 58.4 Å². The zero-order valence-corrected chi connectivity index (χ0v) is 12.2. The van der Waals surface area contributed by atoms with Crippen LogP contribution in [-0.2, 0) is 6.54 Å². The van der Waals surface area contributed by atoms with Gasteiger partial charge in [0.15, 0.2) is 0 Å². The molecule has 0 unspecified atom stereocenters. The number of hydrogen-bond acceptors (Lipinski definition) is 2. The molecule has 20 heavy (non-hydrogen) atoms. The zero-order valence-electron chi connectivity index (χ0n) is 11.5. The van der Waals surface area contributed by atoms with Crippen molar-refractivity contribution in [3.8, 4) is 11.3 Å². The summed E-state index contributed by atoms with van der Waals surface area (Å²) in [5.41, 5.74) is 1.43. The van der Waals surface area contributed by atoms with Crippen LogP contribution in [-0.4, -0.2) is 9.81 Å². The second-order valence-electron chi connectivity index (χ2n) is 5.08. The highest BCUT2D eigenvalue weighted by Crippen LogP contribution is 2.19. The maximum atomic E-state index is 12.4. The number of hydrogen-bond donors (Lipinski definition) is 0. The van der Waals surface area contributed by atoms with Crippen LogP contribution in [0.25, 0.3) is 11.3 Å². The summed E-state index contributed by atoms with van der Waals surface area (Å²) >= 11 is 5.46. The molecule has 0 saturated heterocycles. The lowest BCUT2D eigenvalue weighted by atomic mass is 10.1. The standard InChI is InChI=1S/C16H16ClNO2/c1-11(2)10-18-14(12-6-4-3-5-7-12)9-8-13(15(17)19)16(18)20/h3-9,11H,10H2,1-2H3. The molecule has 0 fully saturated rings. The molecule has 0 radical (unpaired) electrons. The summed E-state index contributed by atoms with van der Waals surface area (Å²) in [7, 11) is 0. The van der Waals surface area contributed by atoms with Crippen LogP contribution in [0.1, 0.15) is 24.2 Å². The van der Waals surface area contributed by atoms with Crippen molar-refractivity contribution in [1.82, 2.24) is 4.57 Å². The van der Waals surface area contributed by atoms with E-state index in [0.29, 0.717) is 6.54 Å². The van der Waals surface area contributed by atoms with E-state index in [-0.39, 0.29) is 17.0 Å². The third kappa shape index (κ3) is 2.99. The van der Waals surface area contributed by atoms with Crippen LogP contribution in [0.15, 0.2) is 47.3 Å². The van der Waals surface area contributed by atoms with Gasteiger partial charge in [-0.25, -0.2) is 0 Å². The first-order valence-corrected chi connectivity index (χ1v) is 6.87. The molecule has 0 aliphatic heterocycles. The first-order chi connectivity index (χ1) is 9.50. The molecule has 0 spiro atoms. The lowest BCUT2D eigenvalue weighted by Gasteiger charge is -2.16. The van der Waals surface area contributed by atoms with Gasteiger partial charge < -0.3 is 4.57 Å². The van der Waals surface area contributed by atoms with Crippen molar-refractivity contribution in [2.24, 2.45) is 5.92 Å². The SMILES string of the molecule is CC(C)Cn1c(-c2ccccc2)ccc(C(=O)Cl)c1=O. The van der Waals surface area contributed by atoms with Crippen molar-refractivity contribution in [2.75, 3.05) is 0 Å². The van der Waals surface area contributed by atoms with E-state index >= 15 is 0 Å². The van der Waals surface area contributed by atoms with Gasteiger partial charge >= 0.3 is 0 Å². The molecule has 0 aliphatic rings. The van der Waals surface area contributed by atoms with E-state index < -0.39 is 5.24 Å². The molecule has 0 atom stereocenters. The van der Waals surface area contributed by atoms with Gasteiger partial charge in [-0.2, -0.15) is 0 Å². The van der Waals surface area contributed by atoms with Crippen LogP contribution in [0.3, 0.4) is 0 Å². The lowest BCUT2D eigenvalue weighted by Crippen LogP contribution is -2.28. The first kappa shape index (κ1) is 14.5. The molecular formula is C16H16ClNO2. The summed E-state index contributed by atoms with van der Waals surface area (Å²) in [5.74, 6) is 0.288. The molecular weight excluding hydrogens is 274 g/mol. The second kappa shape index (κ2) is 6.06. The molecule has 1 aromatic carbocycles. The minimum Gasteiger partial charge on any atom is -0.307 e. The van der Waals surface area contributed by atoms with Crippen LogP contribution in [0.4, 0.5) is 0 Å². The molecule has 0 bridgehead atoms. The Balaban J connectivity index is 2.66. The fraction of sp³-hybridized carbons (Fsp3) is 0.250. The first-order valence-electron chi connectivity index (χ1n) is 6.49. The summed E-state index contributed by atoms with van der Waals surface area (Å²) in [5, 5.41) is -0.716. The maximum absolute atomic E-state index is 12.4. The van der Waals surface area contributed by atoms with Gasteiger partial charge in [-0.05, 0) is 35.2 Å². The topological polar surface area (TPSA) is 39.1 Å². The number of pyridine rings is 1. The Morgan fingerprint density at radius 1 is 1.15 bits per heavy atom. The van der Waals surface area contributed by atoms with Gasteiger partial charge in [0, 0.05) is 6.54 Å². The summed E-state index contributed by atoms with van der Waals surface area (Å²) < 4.78 is 1.62. The minimum absolute atomic E-state index is 0.0204. The Bertz CT molecular complexity index is 675. The highest BCUT2D eigenvalue weighted by atomic mass is 35.5. The number of nitrogens with zero attached hydrogens (tertiary/aromatic N) is 1. The Morgan fingerprint density at radius 2 is 1.80 bits per heavy atom. The average molecular weight is 290 g/mol. The van der Waals surface area contributed by atoms with Crippen molar-refractivity contribution in [1.29, 1.82) is 0 Å². The van der Waals surface area contributed by atoms with E-state index in [1.54, 1.807) is 10.6 Å². The Hall–Kier alpha value is -1.87. The van der Waals surface area contributed by atoms with Crippen LogP contribution in [0, 0.1) is 5.92 Å². The number of halogens is 1. The molecule has 0 amide bonds. The largest absolute Gasteiger partial charge is 0.307 e. The smallest absolute Gasteiger partial charge is 0.263 e. The monoisotopic (exact) mass is 289 g/mol. The average Bonchev–Trinajstić information content (AvgIpc) is 2.41. The molecule has 2 rings (SSSR count). The van der Waals surface area contributed by atoms with E-state index in [1.807, 2.05) is 44.2 Å². The van der Waals surface area contributed by atoms with Crippen molar-refractivity contribution >= 4 is 16.8 Å². The quantitative estimate of drug-likeness (QED) is 0.808. The second-order valence-corrected chi connectivity index (χ2v) is 5.42. The Morgan fingerprint density at radius 3 is 2.35 bits per heavy atom. The molecule has 3 nitrogen and oxygen atoms in total. The fourth-order valence-corrected chi connectivity index (χ4v) is 2.28. The maximum Gasteiger partial charge on any atom is 0.263 e. The van der Waals surface area contributed by atoms with Crippen LogP contribution >= 0.6 is 11.6 Å². The molecule has 0 N–H and O–H groups in total. The predicted molar refractivity (Wildman–Crippen MR) is 81.2 cm³/mol. The van der Waals surface area contributed by atoms with Gasteiger partial charge in [0.1, 0.15) is 0 Å². The number of aromatic nitrogens is 1. The number of carbonyl (C=O) groups excluding carboxylic acids is 1. The molecule has 1 aromatic heterocycles. The minimum atomic E-state index is -0.716. The van der Waals surface area contributed by atoms with Crippen LogP contribution in [0.2, 0.25) is 0 Å². The molecule has 4 heteroatoms. The van der Waals surface area contributed by atoms with Crippen molar-refractivity contribution in [2.45, 2.75) is 20.4 Å². The Kier molecular flexibility index (Phi) is 4.40. The third-order valence-corrected chi connectivity index (χ3v) is 3.21. The third-order valence-electron chi connectivity index (χ3n) is 3.00. The van der Waals surface area contributed by atoms with Gasteiger partial charge in [-0.3, -0.25) is 9.59 Å². The van der Waals surface area contributed by atoms with E-state index in [1.165, 1.54) is 6.07 Å². The molecule has 0 saturated carbocycles. The molecule has 1 heterocycles. The van der Waals surface area contributed by atoms with Gasteiger partial charge in [0.05, 0.1) is 11.3 Å². The predicted octanol–water partition coefficient (Wildman–Crippen LogP) is 3.55. The van der Waals surface area contributed by atoms with Crippen molar-refractivity contribution < 1.29 is 4.79 Å². The normalized spacial score (nSPS) is 10.8. The number of benzene rings is 1. The number of rotatable bonds is 4. The molecule has 104 valence electrons. The molecule has 0 aliphatic carbocycles. The van der Waals surface area contributed by atoms with Crippen molar-refractivity contribution in [3.63, 3.8) is 0 Å². The summed E-state index contributed by atoms with van der Waals surface area (Å²) in [6.45, 7) is 4.59. The molecule has 2 aromatic rings. The fourth-order valence-electron chi connectivity index (χ4n) is 2.14. The van der Waals surface area contributed by atoms with Gasteiger partial charge in [-0.1, -0.05) is 44.2 Å². The van der Waals surface area contributed by atoms with Crippen LogP contribution in [0.5, 0.6) is 0 Å². The van der Waals surface area contributed by atoms with Crippen LogP contribution < -0.4 is 5.56 Å². The zero-order chi connectivity index (χ0) is 14.7. The van der Waals surface area contributed by atoms with Gasteiger partial charge in [0.2, 0.25) is 0 Å². The van der Waals surface area contributed by atoms with E-state index in [9.17, 15) is 9.59 Å². The van der Waals surface area contributed by atoms with E-state index in [2.05, 4.69) is 0 Å². The lowest BCUT2D eigenvalue weighted by molar-refractivity contribution is 0.107. The Labute approximate surface area is 122 Å². The highest BCUT2D eigenvalue weighted by Gasteiger charge is 2.14. The van der Waals surface area contributed by atoms with Gasteiger partial charge in [0.25, 0.3) is 10.8 Å². The summed E-state index contributed by atoms with van der Waals surface area (Å²) in [4.78, 5) is 23.7. The van der Waals surface area contributed by atoms with E-state index in [0.717, 1.165) is 11.3 Å². The summed E-state index contributed by atoms with van der Waals surface area (Å²) in [6.07, 6.45) is 0. The highest BCUT2D eigenvalue weighted by molar-refractivity contribution is 6.67. The van der Waals surface area contributed by atoms with E-state index in [4.69, 9.17) is 11.6 Å².